The molecule has 1 aliphatic carbocycles. The van der Waals surface area contributed by atoms with Gasteiger partial charge in [0.2, 0.25) is 0 Å². The Kier molecular flexibility index (Phi) is 5.74. The van der Waals surface area contributed by atoms with Crippen LogP contribution in [0.1, 0.15) is 50.2 Å². The van der Waals surface area contributed by atoms with Gasteiger partial charge in [0.15, 0.2) is 0 Å². The molecule has 2 rings (SSSR count). The molecule has 5 heteroatoms. The number of rotatable bonds is 4. The van der Waals surface area contributed by atoms with Crippen molar-refractivity contribution < 1.29 is 17.9 Å². The van der Waals surface area contributed by atoms with E-state index in [4.69, 9.17) is 4.74 Å². The highest BCUT2D eigenvalue weighted by atomic mass is 19.4. The summed E-state index contributed by atoms with van der Waals surface area (Å²) < 4.78 is 44.8. The summed E-state index contributed by atoms with van der Waals surface area (Å²) in [7, 11) is 4.02. The maximum atomic E-state index is 12.9. The number of hydrogen-bond donors (Lipinski definition) is 0. The van der Waals surface area contributed by atoms with Crippen LogP contribution in [0.15, 0.2) is 24.3 Å². The molecule has 0 aromatic heterocycles. The van der Waals surface area contributed by atoms with Crippen molar-refractivity contribution in [1.82, 2.24) is 4.90 Å². The second kappa shape index (κ2) is 7.22. The Morgan fingerprint density at radius 1 is 1.17 bits per heavy atom. The van der Waals surface area contributed by atoms with E-state index in [2.05, 4.69) is 4.90 Å². The molecule has 0 saturated heterocycles. The minimum Gasteiger partial charge on any atom is -0.374 e. The molecule has 1 aromatic carbocycles. The van der Waals surface area contributed by atoms with Gasteiger partial charge in [-0.05, 0) is 64.8 Å². The molecule has 0 unspecified atom stereocenters. The molecule has 1 aliphatic rings. The summed E-state index contributed by atoms with van der Waals surface area (Å²) in [6.07, 6.45) is -1.41. The standard InChI is InChI=1S/C18H26F3NO/c1-12(2)23-17-9-8-14(11-16(17)22(3)4)13-6-5-7-15(10-13)18(19,20)21/h5-7,10,12,14,16-17H,8-9,11H2,1-4H3/t14-,16-,17-/m0/s1. The zero-order valence-electron chi connectivity index (χ0n) is 14.2. The average Bonchev–Trinajstić information content (AvgIpc) is 2.46. The van der Waals surface area contributed by atoms with E-state index in [1.165, 1.54) is 12.1 Å². The fourth-order valence-corrected chi connectivity index (χ4v) is 3.44. The zero-order valence-corrected chi connectivity index (χ0v) is 14.2. The monoisotopic (exact) mass is 329 g/mol. The van der Waals surface area contributed by atoms with Crippen molar-refractivity contribution in [2.75, 3.05) is 14.1 Å². The Balaban J connectivity index is 2.16. The second-order valence-corrected chi connectivity index (χ2v) is 6.89. The van der Waals surface area contributed by atoms with Crippen LogP contribution in [0.4, 0.5) is 13.2 Å². The molecule has 130 valence electrons. The number of benzene rings is 1. The molecular weight excluding hydrogens is 303 g/mol. The highest BCUT2D eigenvalue weighted by Crippen LogP contribution is 2.38. The first-order valence-corrected chi connectivity index (χ1v) is 8.17. The van der Waals surface area contributed by atoms with Crippen LogP contribution in [0.25, 0.3) is 0 Å². The fourth-order valence-electron chi connectivity index (χ4n) is 3.44. The van der Waals surface area contributed by atoms with Gasteiger partial charge >= 0.3 is 6.18 Å². The van der Waals surface area contributed by atoms with Gasteiger partial charge < -0.3 is 9.64 Å². The van der Waals surface area contributed by atoms with Gasteiger partial charge in [0.05, 0.1) is 17.8 Å². The van der Waals surface area contributed by atoms with Crippen LogP contribution in [0, 0.1) is 0 Å². The molecule has 0 bridgehead atoms. The molecule has 0 amide bonds. The molecule has 1 fully saturated rings. The predicted octanol–water partition coefficient (Wildman–Crippen LogP) is 4.70. The summed E-state index contributed by atoms with van der Waals surface area (Å²) in [5.41, 5.74) is 0.228. The summed E-state index contributed by atoms with van der Waals surface area (Å²) in [6.45, 7) is 4.04. The highest BCUT2D eigenvalue weighted by Gasteiger charge is 2.35. The number of halogens is 3. The summed E-state index contributed by atoms with van der Waals surface area (Å²) in [5.74, 6) is 0.150. The molecule has 0 N–H and O–H groups in total. The maximum Gasteiger partial charge on any atom is 0.416 e. The molecule has 1 aromatic rings. The van der Waals surface area contributed by atoms with Crippen molar-refractivity contribution >= 4 is 0 Å². The van der Waals surface area contributed by atoms with Crippen LogP contribution in [-0.2, 0) is 10.9 Å². The van der Waals surface area contributed by atoms with Gasteiger partial charge in [0.1, 0.15) is 0 Å². The third kappa shape index (κ3) is 4.70. The lowest BCUT2D eigenvalue weighted by Crippen LogP contribution is -2.45. The smallest absolute Gasteiger partial charge is 0.374 e. The van der Waals surface area contributed by atoms with Crippen LogP contribution in [0.2, 0.25) is 0 Å². The molecule has 2 nitrogen and oxygen atoms in total. The summed E-state index contributed by atoms with van der Waals surface area (Å²) in [5, 5.41) is 0. The number of likely N-dealkylation sites (N-methyl/N-ethyl adjacent to an activating group) is 1. The van der Waals surface area contributed by atoms with Crippen LogP contribution in [-0.4, -0.2) is 37.2 Å². The number of ether oxygens (including phenoxy) is 1. The van der Waals surface area contributed by atoms with E-state index >= 15 is 0 Å². The van der Waals surface area contributed by atoms with E-state index in [1.807, 2.05) is 34.0 Å². The minimum atomic E-state index is -4.28. The Morgan fingerprint density at radius 3 is 2.43 bits per heavy atom. The van der Waals surface area contributed by atoms with Gasteiger partial charge in [-0.15, -0.1) is 0 Å². The zero-order chi connectivity index (χ0) is 17.2. The average molecular weight is 329 g/mol. The summed E-state index contributed by atoms with van der Waals surface area (Å²) >= 11 is 0. The molecular formula is C18H26F3NO. The quantitative estimate of drug-likeness (QED) is 0.794. The van der Waals surface area contributed by atoms with Crippen LogP contribution in [0.5, 0.6) is 0 Å². The molecule has 0 radical (unpaired) electrons. The van der Waals surface area contributed by atoms with Gasteiger partial charge in [-0.3, -0.25) is 0 Å². The first-order chi connectivity index (χ1) is 10.7. The van der Waals surface area contributed by atoms with E-state index in [9.17, 15) is 13.2 Å². The van der Waals surface area contributed by atoms with Gasteiger partial charge in [-0.25, -0.2) is 0 Å². The van der Waals surface area contributed by atoms with Crippen molar-refractivity contribution in [3.8, 4) is 0 Å². The largest absolute Gasteiger partial charge is 0.416 e. The molecule has 0 aliphatic heterocycles. The van der Waals surface area contributed by atoms with Crippen molar-refractivity contribution in [2.45, 2.75) is 63.5 Å². The maximum absolute atomic E-state index is 12.9. The van der Waals surface area contributed by atoms with E-state index in [0.717, 1.165) is 30.9 Å². The number of nitrogens with zero attached hydrogens (tertiary/aromatic N) is 1. The lowest BCUT2D eigenvalue weighted by Gasteiger charge is -2.40. The topological polar surface area (TPSA) is 12.5 Å². The van der Waals surface area contributed by atoms with Crippen molar-refractivity contribution in [2.24, 2.45) is 0 Å². The van der Waals surface area contributed by atoms with Gasteiger partial charge in [-0.2, -0.15) is 13.2 Å². The van der Waals surface area contributed by atoms with Crippen LogP contribution < -0.4 is 0 Å². The first kappa shape index (κ1) is 18.3. The first-order valence-electron chi connectivity index (χ1n) is 8.17. The van der Waals surface area contributed by atoms with Crippen molar-refractivity contribution in [3.63, 3.8) is 0 Å². The highest BCUT2D eigenvalue weighted by molar-refractivity contribution is 5.29. The van der Waals surface area contributed by atoms with Gasteiger partial charge in [0.25, 0.3) is 0 Å². The van der Waals surface area contributed by atoms with Crippen molar-refractivity contribution in [1.29, 1.82) is 0 Å². The third-order valence-corrected chi connectivity index (χ3v) is 4.55. The SMILES string of the molecule is CC(C)O[C@H]1CC[C@H](c2cccc(C(F)(F)F)c2)C[C@@H]1N(C)C. The van der Waals surface area contributed by atoms with E-state index < -0.39 is 11.7 Å². The number of hydrogen-bond acceptors (Lipinski definition) is 2. The van der Waals surface area contributed by atoms with Crippen molar-refractivity contribution in [3.05, 3.63) is 35.4 Å². The van der Waals surface area contributed by atoms with Crippen LogP contribution in [0.3, 0.4) is 0 Å². The van der Waals surface area contributed by atoms with Gasteiger partial charge in [-0.1, -0.05) is 18.2 Å². The third-order valence-electron chi connectivity index (χ3n) is 4.55. The Hall–Kier alpha value is -1.07. The molecule has 23 heavy (non-hydrogen) atoms. The number of alkyl halides is 3. The second-order valence-electron chi connectivity index (χ2n) is 6.89. The lowest BCUT2D eigenvalue weighted by molar-refractivity contribution is -0.137. The van der Waals surface area contributed by atoms with E-state index in [0.29, 0.717) is 0 Å². The Labute approximate surface area is 136 Å². The Bertz CT molecular complexity index is 513. The predicted molar refractivity (Wildman–Crippen MR) is 85.5 cm³/mol. The molecule has 0 heterocycles. The molecule has 1 saturated carbocycles. The Morgan fingerprint density at radius 2 is 1.87 bits per heavy atom. The van der Waals surface area contributed by atoms with E-state index in [-0.39, 0.29) is 24.2 Å². The lowest BCUT2D eigenvalue weighted by atomic mass is 9.79. The van der Waals surface area contributed by atoms with E-state index in [1.54, 1.807) is 0 Å². The summed E-state index contributed by atoms with van der Waals surface area (Å²) in [6, 6.07) is 6.00. The fraction of sp³-hybridized carbons (Fsp3) is 0.667. The summed E-state index contributed by atoms with van der Waals surface area (Å²) in [4.78, 5) is 2.13. The molecule has 0 spiro atoms. The van der Waals surface area contributed by atoms with Gasteiger partial charge in [0, 0.05) is 6.04 Å². The normalized spacial score (nSPS) is 26.0. The minimum absolute atomic E-state index is 0.145. The van der Waals surface area contributed by atoms with Crippen LogP contribution >= 0.6 is 0 Å². The molecule has 3 atom stereocenters.